The zero-order valence-corrected chi connectivity index (χ0v) is 15.8. The molecule has 1 nitrogen and oxygen atoms in total. The molecule has 0 aliphatic carbocycles. The first-order chi connectivity index (χ1) is 12.2. The van der Waals surface area contributed by atoms with E-state index in [1.807, 2.05) is 12.1 Å². The second kappa shape index (κ2) is 7.81. The zero-order valence-electron chi connectivity index (χ0n) is 14.8. The van der Waals surface area contributed by atoms with Gasteiger partial charge in [0.1, 0.15) is 5.60 Å². The van der Waals surface area contributed by atoms with Crippen LogP contribution in [-0.4, -0.2) is 10.5 Å². The first-order valence-corrected chi connectivity index (χ1v) is 9.20. The molecule has 0 heterocycles. The van der Waals surface area contributed by atoms with Crippen molar-refractivity contribution in [3.8, 4) is 0 Å². The van der Waals surface area contributed by atoms with Gasteiger partial charge in [-0.3, -0.25) is 0 Å². The van der Waals surface area contributed by atoms with E-state index in [0.29, 0.717) is 5.92 Å². The maximum Gasteiger partial charge on any atom is 0.248 e. The summed E-state index contributed by atoms with van der Waals surface area (Å²) in [5, 5.41) is 0. The Labute approximate surface area is 154 Å². The van der Waals surface area contributed by atoms with Crippen molar-refractivity contribution in [2.45, 2.75) is 31.8 Å². The summed E-state index contributed by atoms with van der Waals surface area (Å²) in [7, 11) is 3.45. The van der Waals surface area contributed by atoms with Gasteiger partial charge in [0.15, 0.2) is 0 Å². The average molecular weight is 344 g/mol. The van der Waals surface area contributed by atoms with Gasteiger partial charge in [-0.15, -0.1) is 0 Å². The molecule has 125 valence electrons. The predicted molar refractivity (Wildman–Crippen MR) is 105 cm³/mol. The molecule has 0 saturated heterocycles. The number of benzene rings is 3. The Kier molecular flexibility index (Phi) is 5.52. The van der Waals surface area contributed by atoms with E-state index in [1.165, 1.54) is 11.1 Å². The van der Waals surface area contributed by atoms with Gasteiger partial charge < -0.3 is 4.43 Å². The van der Waals surface area contributed by atoms with Crippen molar-refractivity contribution in [3.05, 3.63) is 107 Å². The lowest BCUT2D eigenvalue weighted by Gasteiger charge is -2.37. The fraction of sp³-hybridized carbons (Fsp3) is 0.217. The van der Waals surface area contributed by atoms with Crippen LogP contribution in [0, 0.1) is 0 Å². The quantitative estimate of drug-likeness (QED) is 0.418. The zero-order chi connectivity index (χ0) is 17.7. The topological polar surface area (TPSA) is 9.23 Å². The lowest BCUT2D eigenvalue weighted by molar-refractivity contribution is 0.171. The smallest absolute Gasteiger partial charge is 0.248 e. The molecule has 0 aliphatic heterocycles. The van der Waals surface area contributed by atoms with E-state index in [4.69, 9.17) is 4.43 Å². The van der Waals surface area contributed by atoms with Crippen molar-refractivity contribution < 1.29 is 4.43 Å². The second-order valence-electron chi connectivity index (χ2n) is 6.41. The third-order valence-corrected chi connectivity index (χ3v) is 5.30. The summed E-state index contributed by atoms with van der Waals surface area (Å²) in [6, 6.07) is 29.4. The molecule has 0 spiro atoms. The largest absolute Gasteiger partial charge is 0.401 e. The molecule has 0 amide bonds. The lowest BCUT2D eigenvalue weighted by Crippen LogP contribution is -2.33. The van der Waals surface area contributed by atoms with Crippen LogP contribution in [0.25, 0.3) is 0 Å². The minimum Gasteiger partial charge on any atom is -0.401 e. The summed E-state index contributed by atoms with van der Waals surface area (Å²) < 4.78 is 6.14. The molecule has 3 aromatic rings. The SMILES string of the molecule is CCC(C)c1ccccc1C(O[Si])(c1ccccc1)c1ccccc1. The molecule has 0 aromatic heterocycles. The average Bonchev–Trinajstić information content (AvgIpc) is 2.70. The van der Waals surface area contributed by atoms with Gasteiger partial charge in [0.25, 0.3) is 0 Å². The maximum atomic E-state index is 6.14. The second-order valence-corrected chi connectivity index (χ2v) is 6.62. The van der Waals surface area contributed by atoms with Gasteiger partial charge in [0.2, 0.25) is 10.5 Å². The van der Waals surface area contributed by atoms with Crippen molar-refractivity contribution in [1.82, 2.24) is 0 Å². The van der Waals surface area contributed by atoms with E-state index in [0.717, 1.165) is 17.5 Å². The van der Waals surface area contributed by atoms with Gasteiger partial charge in [-0.25, -0.2) is 0 Å². The first-order valence-electron chi connectivity index (χ1n) is 8.79. The van der Waals surface area contributed by atoms with Gasteiger partial charge in [-0.2, -0.15) is 0 Å². The Balaban J connectivity index is 2.34. The summed E-state index contributed by atoms with van der Waals surface area (Å²) in [4.78, 5) is 0. The van der Waals surface area contributed by atoms with Crippen molar-refractivity contribution >= 4 is 10.5 Å². The molecule has 1 unspecified atom stereocenters. The fourth-order valence-corrected chi connectivity index (χ4v) is 3.81. The van der Waals surface area contributed by atoms with E-state index in [2.05, 4.69) is 97.1 Å². The fourth-order valence-electron chi connectivity index (χ4n) is 3.46. The van der Waals surface area contributed by atoms with E-state index in [-0.39, 0.29) is 0 Å². The maximum absolute atomic E-state index is 6.14. The molecule has 0 aliphatic rings. The van der Waals surface area contributed by atoms with Crippen LogP contribution in [0.1, 0.15) is 48.4 Å². The summed E-state index contributed by atoms with van der Waals surface area (Å²) >= 11 is 0. The van der Waals surface area contributed by atoms with Gasteiger partial charge >= 0.3 is 0 Å². The first kappa shape index (κ1) is 17.7. The van der Waals surface area contributed by atoms with Crippen LogP contribution < -0.4 is 0 Å². The summed E-state index contributed by atoms with van der Waals surface area (Å²) in [5.41, 5.74) is 4.01. The molecule has 0 saturated carbocycles. The molecule has 1 atom stereocenters. The highest BCUT2D eigenvalue weighted by molar-refractivity contribution is 5.99. The summed E-state index contributed by atoms with van der Waals surface area (Å²) in [6.45, 7) is 4.50. The van der Waals surface area contributed by atoms with Crippen molar-refractivity contribution in [1.29, 1.82) is 0 Å². The third-order valence-electron chi connectivity index (χ3n) is 5.00. The van der Waals surface area contributed by atoms with E-state index in [9.17, 15) is 0 Å². The van der Waals surface area contributed by atoms with Gasteiger partial charge in [0.05, 0.1) is 0 Å². The normalized spacial score (nSPS) is 12.8. The van der Waals surface area contributed by atoms with E-state index < -0.39 is 5.60 Å². The van der Waals surface area contributed by atoms with Crippen molar-refractivity contribution in [3.63, 3.8) is 0 Å². The van der Waals surface area contributed by atoms with E-state index in [1.54, 1.807) is 0 Å². The van der Waals surface area contributed by atoms with Crippen LogP contribution in [0.2, 0.25) is 0 Å². The van der Waals surface area contributed by atoms with Crippen molar-refractivity contribution in [2.75, 3.05) is 0 Å². The molecular weight excluding hydrogens is 320 g/mol. The predicted octanol–water partition coefficient (Wildman–Crippen LogP) is 5.59. The van der Waals surface area contributed by atoms with Crippen LogP contribution in [-0.2, 0) is 10.0 Å². The molecule has 0 bridgehead atoms. The Morgan fingerprint density at radius 3 is 1.76 bits per heavy atom. The van der Waals surface area contributed by atoms with Crippen molar-refractivity contribution in [2.24, 2.45) is 0 Å². The molecule has 3 rings (SSSR count). The van der Waals surface area contributed by atoms with E-state index >= 15 is 0 Å². The Bertz CT molecular complexity index is 759. The van der Waals surface area contributed by atoms with Crippen LogP contribution in [0.4, 0.5) is 0 Å². The minimum absolute atomic E-state index is 0.449. The molecule has 25 heavy (non-hydrogen) atoms. The lowest BCUT2D eigenvalue weighted by atomic mass is 9.76. The highest BCUT2D eigenvalue weighted by Crippen LogP contribution is 2.43. The standard InChI is InChI=1S/C23H23OSi/c1-3-18(2)21-16-10-11-17-22(21)23(24-25,19-12-6-4-7-13-19)20-14-8-5-9-15-20/h4-18H,3H2,1-2H3. The van der Waals surface area contributed by atoms with Gasteiger partial charge in [-0.05, 0) is 34.6 Å². The third kappa shape index (κ3) is 3.20. The van der Waals surface area contributed by atoms with Gasteiger partial charge in [-0.1, -0.05) is 98.8 Å². The molecule has 3 aromatic carbocycles. The molecule has 3 radical (unpaired) electrons. The molecular formula is C23H23OSi. The Hall–Kier alpha value is -2.16. The number of hydrogen-bond donors (Lipinski definition) is 0. The summed E-state index contributed by atoms with van der Waals surface area (Å²) in [5.74, 6) is 0.449. The Morgan fingerprint density at radius 1 is 0.800 bits per heavy atom. The van der Waals surface area contributed by atoms with Crippen LogP contribution in [0.15, 0.2) is 84.9 Å². The Morgan fingerprint density at radius 2 is 1.28 bits per heavy atom. The number of rotatable bonds is 6. The van der Waals surface area contributed by atoms with Gasteiger partial charge in [0, 0.05) is 0 Å². The molecule has 0 fully saturated rings. The molecule has 2 heteroatoms. The van der Waals surface area contributed by atoms with Crippen LogP contribution in [0.3, 0.4) is 0 Å². The minimum atomic E-state index is -0.695. The number of hydrogen-bond acceptors (Lipinski definition) is 1. The molecule has 0 N–H and O–H groups in total. The summed E-state index contributed by atoms with van der Waals surface area (Å²) in [6.07, 6.45) is 1.08. The highest BCUT2D eigenvalue weighted by Gasteiger charge is 2.38. The van der Waals surface area contributed by atoms with Crippen LogP contribution >= 0.6 is 0 Å². The van der Waals surface area contributed by atoms with Crippen LogP contribution in [0.5, 0.6) is 0 Å². The highest BCUT2D eigenvalue weighted by atomic mass is 28.2. The monoisotopic (exact) mass is 343 g/mol.